The number of carbonyl (C=O) groups is 3. The Morgan fingerprint density at radius 1 is 1.00 bits per heavy atom. The lowest BCUT2D eigenvalue weighted by molar-refractivity contribution is -0.171. The largest absolute Gasteiger partial charge is 0.463 e. The van der Waals surface area contributed by atoms with Crippen molar-refractivity contribution in [2.45, 2.75) is 63.1 Å². The van der Waals surface area contributed by atoms with Crippen LogP contribution >= 0.6 is 0 Å². The number of nitrogens with zero attached hydrogens (tertiary/aromatic N) is 2. The van der Waals surface area contributed by atoms with Crippen LogP contribution in [0.4, 0.5) is 5.82 Å². The summed E-state index contributed by atoms with van der Waals surface area (Å²) in [6, 6.07) is 1.33. The van der Waals surface area contributed by atoms with Crippen molar-refractivity contribution in [3.8, 4) is 0 Å². The van der Waals surface area contributed by atoms with Crippen LogP contribution in [0.25, 0.3) is 0 Å². The quantitative estimate of drug-likeness (QED) is 0.299. The van der Waals surface area contributed by atoms with Gasteiger partial charge < -0.3 is 18.9 Å². The number of rotatable bonds is 9. The third-order valence-corrected chi connectivity index (χ3v) is 6.13. The molecule has 33 heavy (non-hydrogen) atoms. The van der Waals surface area contributed by atoms with Gasteiger partial charge in [0.1, 0.15) is 12.7 Å². The van der Waals surface area contributed by atoms with Crippen LogP contribution in [-0.4, -0.2) is 57.6 Å². The Hall–Kier alpha value is -2.99. The number of aromatic nitrogens is 2. The van der Waals surface area contributed by atoms with Crippen LogP contribution in [-0.2, 0) is 33.3 Å². The highest BCUT2D eigenvalue weighted by molar-refractivity contribution is 5.76. The van der Waals surface area contributed by atoms with E-state index in [9.17, 15) is 19.2 Å². The molecule has 0 radical (unpaired) electrons. The van der Waals surface area contributed by atoms with E-state index in [-0.39, 0.29) is 36.1 Å². The fraction of sp³-hybridized carbons (Fsp3) is 0.667. The number of carbonyl (C=O) groups excluding carboxylic acids is 3. The molecule has 0 aromatic carbocycles. The van der Waals surface area contributed by atoms with Crippen LogP contribution in [0.15, 0.2) is 17.1 Å². The van der Waals surface area contributed by atoms with Gasteiger partial charge in [-0.1, -0.05) is 0 Å². The first kappa shape index (κ1) is 21.8. The molecule has 12 nitrogen and oxygen atoms in total. The van der Waals surface area contributed by atoms with Crippen LogP contribution in [0, 0.1) is 17.8 Å². The minimum atomic E-state index is -1.16. The first-order valence-corrected chi connectivity index (χ1v) is 11.2. The molecule has 4 atom stereocenters. The Morgan fingerprint density at radius 2 is 1.58 bits per heavy atom. The molecule has 0 amide bonds. The van der Waals surface area contributed by atoms with Gasteiger partial charge in [0, 0.05) is 6.20 Å². The second-order valence-electron chi connectivity index (χ2n) is 8.94. The van der Waals surface area contributed by atoms with Gasteiger partial charge in [-0.25, -0.2) is 4.79 Å². The number of hydrogen-bond donors (Lipinski definition) is 2. The molecule has 2 N–H and O–H groups in total. The smallest absolute Gasteiger partial charge is 0.351 e. The van der Waals surface area contributed by atoms with Crippen molar-refractivity contribution in [3.63, 3.8) is 0 Å². The zero-order valence-corrected chi connectivity index (χ0v) is 17.8. The zero-order chi connectivity index (χ0) is 23.1. The first-order chi connectivity index (χ1) is 15.9. The molecule has 1 saturated heterocycles. The van der Waals surface area contributed by atoms with Gasteiger partial charge in [-0.05, 0) is 44.6 Å². The van der Waals surface area contributed by atoms with Crippen molar-refractivity contribution >= 4 is 23.7 Å². The number of hydrogen-bond acceptors (Lipinski definition) is 11. The maximum absolute atomic E-state index is 12.6. The molecule has 4 fully saturated rings. The summed E-state index contributed by atoms with van der Waals surface area (Å²) in [5.41, 5.74) is 1.00. The molecule has 4 aliphatic rings. The molecular formula is C21H25N3O9. The Kier molecular flexibility index (Phi) is 5.79. The Labute approximate surface area is 188 Å². The van der Waals surface area contributed by atoms with E-state index >= 15 is 0 Å². The molecule has 1 aromatic rings. The predicted octanol–water partition coefficient (Wildman–Crippen LogP) is 0.539. The van der Waals surface area contributed by atoms with Gasteiger partial charge in [-0.15, -0.1) is 0 Å². The summed E-state index contributed by atoms with van der Waals surface area (Å²) in [6.45, 7) is -0.218. The Morgan fingerprint density at radius 3 is 2.12 bits per heavy atom. The zero-order valence-electron chi connectivity index (χ0n) is 17.8. The molecule has 0 unspecified atom stereocenters. The van der Waals surface area contributed by atoms with E-state index in [1.54, 1.807) is 5.48 Å². The lowest BCUT2D eigenvalue weighted by atomic mass is 10.1. The summed E-state index contributed by atoms with van der Waals surface area (Å²) >= 11 is 0. The monoisotopic (exact) mass is 463 g/mol. The van der Waals surface area contributed by atoms with Crippen LogP contribution in [0.1, 0.15) is 44.8 Å². The number of nitrogens with one attached hydrogen (secondary N) is 1. The fourth-order valence-electron chi connectivity index (χ4n) is 3.70. The molecule has 3 aliphatic carbocycles. The maximum Gasteiger partial charge on any atom is 0.351 e. The third-order valence-electron chi connectivity index (χ3n) is 6.13. The van der Waals surface area contributed by atoms with Crippen molar-refractivity contribution in [1.82, 2.24) is 9.55 Å². The van der Waals surface area contributed by atoms with Gasteiger partial charge in [0.15, 0.2) is 24.3 Å². The van der Waals surface area contributed by atoms with Gasteiger partial charge in [0.25, 0.3) is 0 Å². The van der Waals surface area contributed by atoms with Gasteiger partial charge in [0.2, 0.25) is 0 Å². The maximum atomic E-state index is 12.6. The van der Waals surface area contributed by atoms with E-state index in [1.165, 1.54) is 12.3 Å². The van der Waals surface area contributed by atoms with E-state index < -0.39 is 42.2 Å². The van der Waals surface area contributed by atoms with Crippen LogP contribution in [0.5, 0.6) is 0 Å². The highest BCUT2D eigenvalue weighted by Gasteiger charge is 2.53. The molecular weight excluding hydrogens is 438 g/mol. The number of esters is 3. The van der Waals surface area contributed by atoms with Crippen molar-refractivity contribution in [2.24, 2.45) is 17.8 Å². The van der Waals surface area contributed by atoms with Crippen molar-refractivity contribution in [1.29, 1.82) is 0 Å². The minimum Gasteiger partial charge on any atom is -0.463 e. The summed E-state index contributed by atoms with van der Waals surface area (Å²) in [4.78, 5) is 53.3. The fourth-order valence-corrected chi connectivity index (χ4v) is 3.70. The highest BCUT2D eigenvalue weighted by atomic mass is 16.7. The normalized spacial score (nSPS) is 28.8. The second kappa shape index (κ2) is 8.75. The van der Waals surface area contributed by atoms with E-state index in [2.05, 4.69) is 4.98 Å². The SMILES string of the molecule is O=C(OC[C@H]1O[C@@H](n2ccc(NO)nc2=O)[C@H](OC(=O)C2CC2)[C@@H]1OC(=O)C1CC1)C1CC1. The molecule has 3 saturated carbocycles. The number of ether oxygens (including phenoxy) is 4. The molecule has 12 heteroatoms. The molecule has 5 rings (SSSR count). The average Bonchev–Trinajstić information content (AvgIpc) is 3.64. The molecule has 178 valence electrons. The lowest BCUT2D eigenvalue weighted by Crippen LogP contribution is -2.43. The summed E-state index contributed by atoms with van der Waals surface area (Å²) in [6.07, 6.45) is 1.34. The molecule has 1 aliphatic heterocycles. The number of anilines is 1. The van der Waals surface area contributed by atoms with Gasteiger partial charge in [0.05, 0.1) is 17.8 Å². The van der Waals surface area contributed by atoms with Crippen LogP contribution in [0.3, 0.4) is 0 Å². The molecule has 0 spiro atoms. The predicted molar refractivity (Wildman–Crippen MR) is 107 cm³/mol. The van der Waals surface area contributed by atoms with Gasteiger partial charge in [-0.3, -0.25) is 29.6 Å². The van der Waals surface area contributed by atoms with E-state index in [4.69, 9.17) is 24.2 Å². The second-order valence-corrected chi connectivity index (χ2v) is 8.94. The molecule has 1 aromatic heterocycles. The highest BCUT2D eigenvalue weighted by Crippen LogP contribution is 2.39. The van der Waals surface area contributed by atoms with Gasteiger partial charge >= 0.3 is 23.6 Å². The lowest BCUT2D eigenvalue weighted by Gasteiger charge is -2.25. The van der Waals surface area contributed by atoms with E-state index in [0.717, 1.165) is 17.4 Å². The van der Waals surface area contributed by atoms with Crippen LogP contribution < -0.4 is 11.2 Å². The first-order valence-electron chi connectivity index (χ1n) is 11.2. The summed E-state index contributed by atoms with van der Waals surface area (Å²) < 4.78 is 23.8. The van der Waals surface area contributed by atoms with E-state index in [0.29, 0.717) is 25.7 Å². The molecule has 2 heterocycles. The summed E-state index contributed by atoms with van der Waals surface area (Å²) in [5, 5.41) is 9.00. The minimum absolute atomic E-state index is 0.0765. The average molecular weight is 463 g/mol. The van der Waals surface area contributed by atoms with Gasteiger partial charge in [-0.2, -0.15) is 4.98 Å². The topological polar surface area (TPSA) is 155 Å². The summed E-state index contributed by atoms with van der Waals surface area (Å²) in [7, 11) is 0. The van der Waals surface area contributed by atoms with Crippen molar-refractivity contribution in [2.75, 3.05) is 12.1 Å². The molecule has 0 bridgehead atoms. The van der Waals surface area contributed by atoms with Crippen molar-refractivity contribution in [3.05, 3.63) is 22.7 Å². The third kappa shape index (κ3) is 4.86. The Balaban J connectivity index is 1.42. The van der Waals surface area contributed by atoms with E-state index in [1.807, 2.05) is 0 Å². The van der Waals surface area contributed by atoms with Crippen molar-refractivity contribution < 1.29 is 38.5 Å². The Bertz CT molecular complexity index is 999. The standard InChI is InChI=1S/C21H25N3O9/c25-18(10-1-2-10)30-9-13-15(32-19(26)11-3-4-11)16(33-20(27)12-5-6-12)17(31-13)24-8-7-14(23-29)22-21(24)28/h7-8,10-13,15-17,29H,1-6,9H2,(H,22,23,28)/t13-,15-,16-,17-/m1/s1. The summed E-state index contributed by atoms with van der Waals surface area (Å²) in [5.74, 6) is -1.95. The van der Waals surface area contributed by atoms with Crippen LogP contribution in [0.2, 0.25) is 0 Å².